The number of nitrogens with one attached hydrogen (secondary N) is 1. The van der Waals surface area contributed by atoms with Crippen LogP contribution in [0, 0.1) is 23.7 Å². The Balaban J connectivity index is 1.48. The smallest absolute Gasteiger partial charge is 0.255 e. The molecule has 9 nitrogen and oxygen atoms in total. The Kier molecular flexibility index (Phi) is 7.79. The summed E-state index contributed by atoms with van der Waals surface area (Å²) in [6.07, 6.45) is -0.365. The number of aromatic hydroxyl groups is 1. The number of thiazole rings is 1. The van der Waals surface area contributed by atoms with Crippen LogP contribution in [0.5, 0.6) is 5.75 Å². The van der Waals surface area contributed by atoms with E-state index in [0.717, 1.165) is 11.0 Å². The van der Waals surface area contributed by atoms with E-state index in [9.17, 15) is 28.5 Å². The van der Waals surface area contributed by atoms with Crippen molar-refractivity contribution in [2.45, 2.75) is 29.8 Å². The van der Waals surface area contributed by atoms with Crippen molar-refractivity contribution in [1.82, 2.24) is 10.3 Å². The summed E-state index contributed by atoms with van der Waals surface area (Å²) in [5.41, 5.74) is 0.179. The maximum Gasteiger partial charge on any atom is 0.255 e. The third-order valence-electron chi connectivity index (χ3n) is 6.23. The minimum Gasteiger partial charge on any atom is -0.507 e. The van der Waals surface area contributed by atoms with Crippen molar-refractivity contribution in [3.63, 3.8) is 0 Å². The van der Waals surface area contributed by atoms with Gasteiger partial charge >= 0.3 is 0 Å². The summed E-state index contributed by atoms with van der Waals surface area (Å²) in [6, 6.07) is 11.2. The zero-order valence-corrected chi connectivity index (χ0v) is 22.3. The Morgan fingerprint density at radius 2 is 2.00 bits per heavy atom. The highest BCUT2D eigenvalue weighted by Gasteiger charge is 2.39. The number of aliphatic hydroxyl groups is 2. The lowest BCUT2D eigenvalue weighted by atomic mass is 10.0. The Morgan fingerprint density at radius 3 is 2.66 bits per heavy atom. The topological polar surface area (TPSA) is 146 Å². The molecule has 2 heterocycles. The molecule has 0 aliphatic carbocycles. The fourth-order valence-corrected chi connectivity index (χ4v) is 5.45. The van der Waals surface area contributed by atoms with E-state index in [2.05, 4.69) is 34.0 Å². The van der Waals surface area contributed by atoms with Crippen LogP contribution in [-0.2, 0) is 14.6 Å². The predicted molar refractivity (Wildman–Crippen MR) is 143 cm³/mol. The molecular weight excluding hydrogens is 528 g/mol. The molecule has 11 heteroatoms. The molecular formula is C27H26N2O7S2. The fraction of sp³-hybridized carbons (Fsp3) is 0.333. The lowest BCUT2D eigenvalue weighted by Gasteiger charge is -2.30. The predicted octanol–water partition coefficient (Wildman–Crippen LogP) is 1.77. The molecule has 0 bridgehead atoms. The van der Waals surface area contributed by atoms with Crippen LogP contribution in [0.2, 0.25) is 0 Å². The van der Waals surface area contributed by atoms with Gasteiger partial charge in [-0.1, -0.05) is 18.1 Å². The fourth-order valence-electron chi connectivity index (χ4n) is 3.66. The molecule has 4 N–H and O–H groups in total. The quantitative estimate of drug-likeness (QED) is 0.323. The molecule has 0 radical (unpaired) electrons. The maximum atomic E-state index is 12.7. The van der Waals surface area contributed by atoms with Gasteiger partial charge in [0, 0.05) is 24.8 Å². The Hall–Kier alpha value is -3.45. The van der Waals surface area contributed by atoms with Crippen molar-refractivity contribution < 1.29 is 33.3 Å². The first-order valence-electron chi connectivity index (χ1n) is 11.6. The third kappa shape index (κ3) is 6.16. The maximum absolute atomic E-state index is 12.7. The summed E-state index contributed by atoms with van der Waals surface area (Å²) in [5, 5.41) is 33.6. The van der Waals surface area contributed by atoms with E-state index in [0.29, 0.717) is 16.1 Å². The van der Waals surface area contributed by atoms with E-state index in [1.54, 1.807) is 30.3 Å². The zero-order chi connectivity index (χ0) is 27.6. The minimum absolute atomic E-state index is 0.0212. The van der Waals surface area contributed by atoms with Crippen LogP contribution in [0.15, 0.2) is 42.5 Å². The van der Waals surface area contributed by atoms with Gasteiger partial charge in [0.05, 0.1) is 33.7 Å². The molecule has 1 amide bonds. The van der Waals surface area contributed by atoms with Crippen LogP contribution < -0.4 is 5.32 Å². The van der Waals surface area contributed by atoms with Gasteiger partial charge in [-0.25, -0.2) is 13.4 Å². The number of benzene rings is 2. The number of para-hydroxylation sites is 1. The number of amides is 1. The first kappa shape index (κ1) is 27.6. The van der Waals surface area contributed by atoms with Gasteiger partial charge in [-0.2, -0.15) is 0 Å². The summed E-state index contributed by atoms with van der Waals surface area (Å²) >= 11 is 1.21. The zero-order valence-electron chi connectivity index (χ0n) is 20.7. The highest BCUT2D eigenvalue weighted by molar-refractivity contribution is 7.92. The highest BCUT2D eigenvalue weighted by Crippen LogP contribution is 2.34. The second kappa shape index (κ2) is 10.7. The lowest BCUT2D eigenvalue weighted by molar-refractivity contribution is -0.140. The molecule has 4 rings (SSSR count). The molecule has 38 heavy (non-hydrogen) atoms. The number of carbonyl (C=O) groups excluding carboxylic acids is 1. The van der Waals surface area contributed by atoms with Crippen LogP contribution in [0.1, 0.15) is 40.4 Å². The average Bonchev–Trinajstić information content (AvgIpc) is 3.27. The third-order valence-corrected chi connectivity index (χ3v) is 9.45. The minimum atomic E-state index is -3.73. The summed E-state index contributed by atoms with van der Waals surface area (Å²) in [6.45, 7) is 1.51. The number of hydrogen-bond donors (Lipinski definition) is 4. The molecule has 1 aliphatic rings. The van der Waals surface area contributed by atoms with Crippen LogP contribution >= 0.6 is 11.3 Å². The van der Waals surface area contributed by atoms with Crippen LogP contribution in [0.25, 0.3) is 10.2 Å². The van der Waals surface area contributed by atoms with E-state index in [1.807, 2.05) is 0 Å². The largest absolute Gasteiger partial charge is 0.507 e. The number of nitrogens with zero attached hydrogens (tertiary/aromatic N) is 1. The van der Waals surface area contributed by atoms with E-state index in [-0.39, 0.29) is 37.5 Å². The van der Waals surface area contributed by atoms with E-state index < -0.39 is 32.2 Å². The van der Waals surface area contributed by atoms with Gasteiger partial charge in [0.2, 0.25) is 0 Å². The molecule has 2 atom stereocenters. The number of ether oxygens (including phenoxy) is 1. The van der Waals surface area contributed by atoms with Crippen molar-refractivity contribution in [2.24, 2.45) is 0 Å². The SMILES string of the molecule is C[C@](CNC(=O)c1ccccc1O)(C[C@@H](O)c1nc2ccc(C#CC#CC3(O)COC3)cc2s1)S(C)(=O)=O. The van der Waals surface area contributed by atoms with Crippen molar-refractivity contribution in [3.8, 4) is 29.4 Å². The van der Waals surface area contributed by atoms with Crippen molar-refractivity contribution in [3.05, 3.63) is 58.6 Å². The number of phenolic OH excluding ortho intramolecular Hbond substituents is 1. The van der Waals surface area contributed by atoms with Crippen LogP contribution in [-0.4, -0.2) is 71.0 Å². The molecule has 2 aromatic carbocycles. The van der Waals surface area contributed by atoms with Gasteiger partial charge in [0.1, 0.15) is 16.9 Å². The van der Waals surface area contributed by atoms with Gasteiger partial charge in [-0.15, -0.1) is 11.3 Å². The summed E-state index contributed by atoms with van der Waals surface area (Å²) in [4.78, 5) is 17.0. The Labute approximate surface area is 224 Å². The summed E-state index contributed by atoms with van der Waals surface area (Å²) in [5.74, 6) is 10.0. The monoisotopic (exact) mass is 554 g/mol. The molecule has 0 unspecified atom stereocenters. The number of sulfone groups is 1. The lowest BCUT2D eigenvalue weighted by Crippen LogP contribution is -2.48. The Morgan fingerprint density at radius 1 is 1.26 bits per heavy atom. The molecule has 3 aromatic rings. The van der Waals surface area contributed by atoms with Gasteiger partial charge in [0.15, 0.2) is 15.4 Å². The molecule has 0 spiro atoms. The Bertz CT molecular complexity index is 1600. The number of hydrogen-bond acceptors (Lipinski definition) is 9. The molecule has 198 valence electrons. The standard InChI is InChI=1S/C27H26N2O7S2/c1-26(38(2,34)35,15-28-24(32)19-8-3-4-9-21(19)30)14-22(31)25-29-20-11-10-18(13-23(20)37-25)7-5-6-12-27(33)16-36-17-27/h3-4,8-11,13,22,30-31,33H,14-17H2,1-2H3,(H,28,32)/t22-,26-/m1/s1. The van der Waals surface area contributed by atoms with Gasteiger partial charge in [-0.05, 0) is 55.0 Å². The molecule has 1 fully saturated rings. The number of aliphatic hydroxyl groups excluding tert-OH is 1. The number of aromatic nitrogens is 1. The molecule has 0 saturated carbocycles. The normalized spacial score (nSPS) is 16.6. The summed E-state index contributed by atoms with van der Waals surface area (Å²) in [7, 11) is -3.73. The van der Waals surface area contributed by atoms with Crippen molar-refractivity contribution >= 4 is 37.3 Å². The summed E-state index contributed by atoms with van der Waals surface area (Å²) < 4.78 is 29.5. The molecule has 1 saturated heterocycles. The van der Waals surface area contributed by atoms with Gasteiger partial charge in [-0.3, -0.25) is 4.79 Å². The van der Waals surface area contributed by atoms with E-state index in [4.69, 9.17) is 4.74 Å². The van der Waals surface area contributed by atoms with Crippen molar-refractivity contribution in [2.75, 3.05) is 26.0 Å². The van der Waals surface area contributed by atoms with Gasteiger partial charge < -0.3 is 25.4 Å². The van der Waals surface area contributed by atoms with E-state index in [1.165, 1.54) is 30.4 Å². The second-order valence-electron chi connectivity index (χ2n) is 9.40. The number of rotatable bonds is 7. The highest BCUT2D eigenvalue weighted by atomic mass is 32.2. The van der Waals surface area contributed by atoms with Crippen molar-refractivity contribution in [1.29, 1.82) is 0 Å². The second-order valence-corrected chi connectivity index (χ2v) is 13.0. The average molecular weight is 555 g/mol. The molecule has 1 aliphatic heterocycles. The number of fused-ring (bicyclic) bond motifs is 1. The van der Waals surface area contributed by atoms with Crippen LogP contribution in [0.3, 0.4) is 0 Å². The first-order valence-corrected chi connectivity index (χ1v) is 14.3. The number of carbonyl (C=O) groups is 1. The molecule has 1 aromatic heterocycles. The van der Waals surface area contributed by atoms with Crippen LogP contribution in [0.4, 0.5) is 0 Å². The first-order chi connectivity index (χ1) is 17.9. The van der Waals surface area contributed by atoms with Gasteiger partial charge in [0.25, 0.3) is 5.91 Å². The van der Waals surface area contributed by atoms with E-state index >= 15 is 0 Å². The number of phenols is 1.